The fourth-order valence-corrected chi connectivity index (χ4v) is 4.32. The molecule has 0 atom stereocenters. The van der Waals surface area contributed by atoms with Crippen molar-refractivity contribution >= 4 is 0 Å². The van der Waals surface area contributed by atoms with E-state index in [0.29, 0.717) is 5.75 Å². The first-order valence-corrected chi connectivity index (χ1v) is 12.5. The molecule has 1 N–H and O–H groups in total. The molecule has 0 saturated carbocycles. The van der Waals surface area contributed by atoms with Crippen molar-refractivity contribution in [1.82, 2.24) is 0 Å². The molecule has 0 spiro atoms. The van der Waals surface area contributed by atoms with Crippen molar-refractivity contribution in [3.05, 3.63) is 28.3 Å². The van der Waals surface area contributed by atoms with Crippen molar-refractivity contribution in [3.8, 4) is 5.75 Å². The van der Waals surface area contributed by atoms with E-state index in [1.165, 1.54) is 107 Å². The van der Waals surface area contributed by atoms with Crippen LogP contribution in [0, 0.1) is 0 Å². The van der Waals surface area contributed by atoms with Gasteiger partial charge in [0, 0.05) is 0 Å². The third kappa shape index (κ3) is 9.01. The number of aromatic hydroxyl groups is 1. The van der Waals surface area contributed by atoms with Crippen molar-refractivity contribution in [2.24, 2.45) is 0 Å². The van der Waals surface area contributed by atoms with Crippen LogP contribution in [0.2, 0.25) is 0 Å². The van der Waals surface area contributed by atoms with Crippen LogP contribution < -0.4 is 0 Å². The minimum atomic E-state index is 0.587. The molecular weight excluding hydrogens is 340 g/mol. The summed E-state index contributed by atoms with van der Waals surface area (Å²) in [5, 5.41) is 10.9. The summed E-state index contributed by atoms with van der Waals surface area (Å²) >= 11 is 0. The Morgan fingerprint density at radius 1 is 0.500 bits per heavy atom. The molecule has 1 rings (SSSR count). The fraction of sp³-hybridized carbons (Fsp3) is 0.778. The number of phenolic OH excluding ortho intramolecular Hbond substituents is 1. The van der Waals surface area contributed by atoms with E-state index in [9.17, 15) is 5.11 Å². The summed E-state index contributed by atoms with van der Waals surface area (Å²) in [6.45, 7) is 9.11. The lowest BCUT2D eigenvalue weighted by atomic mass is 9.85. The molecule has 0 fully saturated rings. The molecule has 28 heavy (non-hydrogen) atoms. The van der Waals surface area contributed by atoms with Crippen molar-refractivity contribution in [1.29, 1.82) is 0 Å². The van der Waals surface area contributed by atoms with E-state index in [-0.39, 0.29) is 0 Å². The zero-order valence-corrected chi connectivity index (χ0v) is 19.5. The van der Waals surface area contributed by atoms with E-state index in [4.69, 9.17) is 0 Å². The summed E-state index contributed by atoms with van der Waals surface area (Å²) in [7, 11) is 0. The Morgan fingerprint density at radius 2 is 0.964 bits per heavy atom. The Morgan fingerprint density at radius 3 is 1.57 bits per heavy atom. The summed E-state index contributed by atoms with van der Waals surface area (Å²) in [4.78, 5) is 0. The lowest BCUT2D eigenvalue weighted by molar-refractivity contribution is 0.462. The molecule has 1 heteroatoms. The molecule has 0 aromatic heterocycles. The molecule has 1 aromatic rings. The van der Waals surface area contributed by atoms with Gasteiger partial charge in [-0.05, 0) is 79.7 Å². The van der Waals surface area contributed by atoms with E-state index in [2.05, 4.69) is 33.8 Å². The van der Waals surface area contributed by atoms with Crippen LogP contribution in [0.4, 0.5) is 0 Å². The van der Waals surface area contributed by atoms with E-state index >= 15 is 0 Å². The smallest absolute Gasteiger partial charge is 0.119 e. The number of hydrogen-bond acceptors (Lipinski definition) is 1. The van der Waals surface area contributed by atoms with E-state index in [1.54, 1.807) is 5.56 Å². The van der Waals surface area contributed by atoms with Gasteiger partial charge in [0.2, 0.25) is 0 Å². The maximum Gasteiger partial charge on any atom is 0.119 e. The molecule has 0 aliphatic heterocycles. The van der Waals surface area contributed by atoms with Crippen molar-refractivity contribution in [2.45, 2.75) is 137 Å². The van der Waals surface area contributed by atoms with Crippen molar-refractivity contribution in [2.75, 3.05) is 0 Å². The predicted octanol–water partition coefficient (Wildman–Crippen LogP) is 8.71. The molecule has 0 heterocycles. The summed E-state index contributed by atoms with van der Waals surface area (Å²) in [6, 6.07) is 2.13. The summed E-state index contributed by atoms with van der Waals surface area (Å²) < 4.78 is 0. The zero-order valence-electron chi connectivity index (χ0n) is 19.5. The second-order valence-corrected chi connectivity index (χ2v) is 8.67. The maximum atomic E-state index is 10.9. The molecule has 0 bridgehead atoms. The van der Waals surface area contributed by atoms with Gasteiger partial charge in [0.05, 0.1) is 0 Å². The van der Waals surface area contributed by atoms with Gasteiger partial charge in [-0.1, -0.05) is 85.5 Å². The SMILES string of the molecule is CCCCCCCCCc1c(O)cc(CCCC)c(CCCC)c1CCCC. The number of benzene rings is 1. The van der Waals surface area contributed by atoms with Crippen LogP contribution in [0.3, 0.4) is 0 Å². The molecular formula is C27H48O. The van der Waals surface area contributed by atoms with Gasteiger partial charge in [-0.3, -0.25) is 0 Å². The van der Waals surface area contributed by atoms with Crippen molar-refractivity contribution in [3.63, 3.8) is 0 Å². The van der Waals surface area contributed by atoms with Crippen LogP contribution in [-0.2, 0) is 25.7 Å². The van der Waals surface area contributed by atoms with Crippen molar-refractivity contribution < 1.29 is 5.11 Å². The van der Waals surface area contributed by atoms with Crippen LogP contribution in [-0.4, -0.2) is 5.11 Å². The average Bonchev–Trinajstić information content (AvgIpc) is 2.70. The van der Waals surface area contributed by atoms with Crippen LogP contribution in [0.25, 0.3) is 0 Å². The van der Waals surface area contributed by atoms with Crippen LogP contribution in [0.15, 0.2) is 6.07 Å². The normalized spacial score (nSPS) is 11.3. The van der Waals surface area contributed by atoms with Gasteiger partial charge in [0.15, 0.2) is 0 Å². The quantitative estimate of drug-likeness (QED) is 0.264. The first-order valence-electron chi connectivity index (χ1n) is 12.5. The van der Waals surface area contributed by atoms with Crippen LogP contribution in [0.1, 0.15) is 133 Å². The van der Waals surface area contributed by atoms with Gasteiger partial charge in [0.25, 0.3) is 0 Å². The highest BCUT2D eigenvalue weighted by Crippen LogP contribution is 2.33. The first-order chi connectivity index (χ1) is 13.7. The lowest BCUT2D eigenvalue weighted by Crippen LogP contribution is -2.07. The van der Waals surface area contributed by atoms with Gasteiger partial charge in [-0.2, -0.15) is 0 Å². The maximum absolute atomic E-state index is 10.9. The third-order valence-electron chi connectivity index (χ3n) is 6.13. The second kappa shape index (κ2) is 15.9. The summed E-state index contributed by atoms with van der Waals surface area (Å²) in [5.41, 5.74) is 5.84. The second-order valence-electron chi connectivity index (χ2n) is 8.67. The minimum Gasteiger partial charge on any atom is -0.508 e. The Balaban J connectivity index is 2.94. The topological polar surface area (TPSA) is 20.2 Å². The van der Waals surface area contributed by atoms with E-state index in [0.717, 1.165) is 19.3 Å². The molecule has 0 radical (unpaired) electrons. The Hall–Kier alpha value is -0.980. The van der Waals surface area contributed by atoms with Crippen LogP contribution >= 0.6 is 0 Å². The first kappa shape index (κ1) is 25.1. The predicted molar refractivity (Wildman–Crippen MR) is 126 cm³/mol. The number of phenols is 1. The van der Waals surface area contributed by atoms with Gasteiger partial charge in [-0.15, -0.1) is 0 Å². The lowest BCUT2D eigenvalue weighted by Gasteiger charge is -2.21. The molecule has 0 amide bonds. The zero-order chi connectivity index (χ0) is 20.6. The molecule has 0 saturated heterocycles. The number of unbranched alkanes of at least 4 members (excludes halogenated alkanes) is 9. The minimum absolute atomic E-state index is 0.587. The molecule has 1 aromatic carbocycles. The third-order valence-corrected chi connectivity index (χ3v) is 6.13. The highest BCUT2D eigenvalue weighted by Gasteiger charge is 2.17. The largest absolute Gasteiger partial charge is 0.508 e. The monoisotopic (exact) mass is 388 g/mol. The fourth-order valence-electron chi connectivity index (χ4n) is 4.32. The highest BCUT2D eigenvalue weighted by molar-refractivity contribution is 5.50. The molecule has 162 valence electrons. The Kier molecular flexibility index (Phi) is 14.2. The number of rotatable bonds is 17. The number of aryl methyl sites for hydroxylation is 1. The average molecular weight is 389 g/mol. The number of hydrogen-bond donors (Lipinski definition) is 1. The van der Waals surface area contributed by atoms with Gasteiger partial charge >= 0.3 is 0 Å². The summed E-state index contributed by atoms with van der Waals surface area (Å²) in [6.07, 6.45) is 21.3. The molecule has 1 nitrogen and oxygen atoms in total. The Bertz CT molecular complexity index is 517. The van der Waals surface area contributed by atoms with Gasteiger partial charge in [-0.25, -0.2) is 0 Å². The standard InChI is InChI=1S/C27H48O/c1-5-9-13-14-15-16-17-21-26-25(20-12-8-4)24(19-11-7-3)23(18-10-6-2)22-27(26)28/h22,28H,5-21H2,1-4H3. The van der Waals surface area contributed by atoms with E-state index in [1.807, 2.05) is 0 Å². The highest BCUT2D eigenvalue weighted by atomic mass is 16.3. The van der Waals surface area contributed by atoms with Gasteiger partial charge < -0.3 is 5.11 Å². The van der Waals surface area contributed by atoms with Gasteiger partial charge in [0.1, 0.15) is 5.75 Å². The summed E-state index contributed by atoms with van der Waals surface area (Å²) in [5.74, 6) is 0.587. The Labute approximate surface area is 176 Å². The molecule has 0 unspecified atom stereocenters. The molecule has 0 aliphatic carbocycles. The van der Waals surface area contributed by atoms with E-state index < -0.39 is 0 Å². The molecule has 0 aliphatic rings. The van der Waals surface area contributed by atoms with Crippen LogP contribution in [0.5, 0.6) is 5.75 Å².